The summed E-state index contributed by atoms with van der Waals surface area (Å²) in [5.41, 5.74) is 2.56. The minimum absolute atomic E-state index is 0.0899. The van der Waals surface area contributed by atoms with E-state index in [4.69, 9.17) is 5.26 Å². The fourth-order valence-corrected chi connectivity index (χ4v) is 3.99. The molecule has 0 aromatic carbocycles. The Kier molecular flexibility index (Phi) is 3.79. The van der Waals surface area contributed by atoms with Crippen molar-refractivity contribution in [2.45, 2.75) is 17.1 Å². The van der Waals surface area contributed by atoms with E-state index < -0.39 is 0 Å². The molecule has 1 aromatic rings. The minimum Gasteiger partial charge on any atom is -0.383 e. The van der Waals surface area contributed by atoms with Crippen LogP contribution < -0.4 is 0 Å². The molecule has 0 bridgehead atoms. The Morgan fingerprint density at radius 3 is 2.72 bits per heavy atom. The molecule has 1 heterocycles. The Labute approximate surface area is 115 Å². The van der Waals surface area contributed by atoms with Crippen LogP contribution in [0.15, 0.2) is 16.0 Å². The number of thioether (sulfide) groups is 1. The van der Waals surface area contributed by atoms with Crippen molar-refractivity contribution in [3.63, 3.8) is 0 Å². The van der Waals surface area contributed by atoms with Crippen molar-refractivity contribution in [1.82, 2.24) is 4.90 Å². The van der Waals surface area contributed by atoms with Gasteiger partial charge in [-0.15, -0.1) is 23.1 Å². The Balaban J connectivity index is 2.53. The second kappa shape index (κ2) is 5.17. The van der Waals surface area contributed by atoms with E-state index in [0.717, 1.165) is 33.8 Å². The third kappa shape index (κ3) is 2.18. The molecule has 0 spiro atoms. The maximum Gasteiger partial charge on any atom is 0.192 e. The highest BCUT2D eigenvalue weighted by Crippen LogP contribution is 2.40. The molecule has 0 saturated carbocycles. The summed E-state index contributed by atoms with van der Waals surface area (Å²) in [4.78, 5) is 15.0. The normalized spacial score (nSPS) is 16.6. The number of allylic oxidation sites excluding steroid dienone is 1. The van der Waals surface area contributed by atoms with Crippen LogP contribution in [0.1, 0.15) is 27.2 Å². The minimum atomic E-state index is 0.0899. The average Bonchev–Trinajstić information content (AvgIpc) is 2.71. The van der Waals surface area contributed by atoms with Crippen LogP contribution in [0.3, 0.4) is 0 Å². The summed E-state index contributed by atoms with van der Waals surface area (Å²) in [5.74, 6) is 0.0899. The lowest BCUT2D eigenvalue weighted by Gasteiger charge is -2.17. The number of thiophene rings is 1. The SMILES string of the molecule is CSc1sc(C#N)c2c1C(=O)/C(=C/N(C)C)CC2. The van der Waals surface area contributed by atoms with Gasteiger partial charge in [-0.05, 0) is 24.7 Å². The Morgan fingerprint density at radius 2 is 2.17 bits per heavy atom. The van der Waals surface area contributed by atoms with Crippen molar-refractivity contribution in [1.29, 1.82) is 5.26 Å². The van der Waals surface area contributed by atoms with Gasteiger partial charge in [-0.1, -0.05) is 0 Å². The molecule has 0 aliphatic heterocycles. The topological polar surface area (TPSA) is 44.1 Å². The maximum atomic E-state index is 12.5. The number of hydrogen-bond donors (Lipinski definition) is 0. The average molecular weight is 278 g/mol. The number of hydrogen-bond acceptors (Lipinski definition) is 5. The van der Waals surface area contributed by atoms with Crippen molar-refractivity contribution < 1.29 is 4.79 Å². The number of ketones is 1. The van der Waals surface area contributed by atoms with Gasteiger partial charge in [0.25, 0.3) is 0 Å². The highest BCUT2D eigenvalue weighted by atomic mass is 32.2. The summed E-state index contributed by atoms with van der Waals surface area (Å²) >= 11 is 2.99. The lowest BCUT2D eigenvalue weighted by molar-refractivity contribution is 0.102. The van der Waals surface area contributed by atoms with Crippen LogP contribution in [0.4, 0.5) is 0 Å². The molecular formula is C13H14N2OS2. The molecule has 0 radical (unpaired) electrons. The molecule has 0 atom stereocenters. The van der Waals surface area contributed by atoms with Crippen molar-refractivity contribution in [2.24, 2.45) is 0 Å². The van der Waals surface area contributed by atoms with Gasteiger partial charge in [0.15, 0.2) is 5.78 Å². The van der Waals surface area contributed by atoms with Gasteiger partial charge in [-0.3, -0.25) is 4.79 Å². The molecule has 1 aliphatic rings. The predicted octanol–water partition coefficient (Wildman–Crippen LogP) is 2.92. The molecule has 1 aromatic heterocycles. The van der Waals surface area contributed by atoms with Gasteiger partial charge in [-0.25, -0.2) is 0 Å². The highest BCUT2D eigenvalue weighted by molar-refractivity contribution is 8.00. The van der Waals surface area contributed by atoms with Crippen molar-refractivity contribution in [3.8, 4) is 6.07 Å². The van der Waals surface area contributed by atoms with Crippen LogP contribution in [-0.4, -0.2) is 31.0 Å². The van der Waals surface area contributed by atoms with Crippen LogP contribution in [-0.2, 0) is 6.42 Å². The van der Waals surface area contributed by atoms with E-state index in [0.29, 0.717) is 4.88 Å². The number of carbonyl (C=O) groups is 1. The monoisotopic (exact) mass is 278 g/mol. The number of nitriles is 1. The molecule has 0 fully saturated rings. The zero-order valence-corrected chi connectivity index (χ0v) is 12.2. The van der Waals surface area contributed by atoms with Gasteiger partial charge in [-0.2, -0.15) is 5.26 Å². The van der Waals surface area contributed by atoms with Crippen LogP contribution in [0.2, 0.25) is 0 Å². The molecule has 0 N–H and O–H groups in total. The number of carbonyl (C=O) groups excluding carboxylic acids is 1. The Hall–Kier alpha value is -1.25. The first kappa shape index (κ1) is 13.2. The van der Waals surface area contributed by atoms with Crippen molar-refractivity contribution >= 4 is 28.9 Å². The zero-order valence-electron chi connectivity index (χ0n) is 10.6. The van der Waals surface area contributed by atoms with E-state index in [1.54, 1.807) is 11.8 Å². The summed E-state index contributed by atoms with van der Waals surface area (Å²) in [6, 6.07) is 2.21. The first-order valence-corrected chi connectivity index (χ1v) is 7.64. The summed E-state index contributed by atoms with van der Waals surface area (Å²) in [6.07, 6.45) is 5.35. The maximum absolute atomic E-state index is 12.5. The molecule has 0 saturated heterocycles. The number of nitrogens with zero attached hydrogens (tertiary/aromatic N) is 2. The van der Waals surface area contributed by atoms with Gasteiger partial charge < -0.3 is 4.90 Å². The molecule has 5 heteroatoms. The van der Waals surface area contributed by atoms with Gasteiger partial charge in [0.1, 0.15) is 10.9 Å². The van der Waals surface area contributed by atoms with Gasteiger partial charge in [0.2, 0.25) is 0 Å². The number of rotatable bonds is 2. The van der Waals surface area contributed by atoms with Crippen molar-refractivity contribution in [3.05, 3.63) is 27.8 Å². The molecule has 3 nitrogen and oxygen atoms in total. The Bertz CT molecular complexity index is 564. The summed E-state index contributed by atoms with van der Waals surface area (Å²) in [7, 11) is 3.83. The molecule has 18 heavy (non-hydrogen) atoms. The highest BCUT2D eigenvalue weighted by Gasteiger charge is 2.29. The molecule has 0 unspecified atom stereocenters. The van der Waals surface area contributed by atoms with Crippen molar-refractivity contribution in [2.75, 3.05) is 20.4 Å². The fraction of sp³-hybridized carbons (Fsp3) is 0.385. The molecule has 0 amide bonds. The van der Waals surface area contributed by atoms with E-state index in [-0.39, 0.29) is 5.78 Å². The lowest BCUT2D eigenvalue weighted by Crippen LogP contribution is -2.16. The fourth-order valence-electron chi connectivity index (χ4n) is 2.11. The quantitative estimate of drug-likeness (QED) is 0.616. The first-order chi connectivity index (χ1) is 8.58. The number of fused-ring (bicyclic) bond motifs is 1. The Morgan fingerprint density at radius 1 is 1.44 bits per heavy atom. The summed E-state index contributed by atoms with van der Waals surface area (Å²) in [5, 5.41) is 9.12. The summed E-state index contributed by atoms with van der Waals surface area (Å²) < 4.78 is 0.968. The van der Waals surface area contributed by atoms with Crippen LogP contribution in [0.5, 0.6) is 0 Å². The van der Waals surface area contributed by atoms with E-state index in [1.165, 1.54) is 11.3 Å². The molecule has 2 rings (SSSR count). The smallest absolute Gasteiger partial charge is 0.192 e. The largest absolute Gasteiger partial charge is 0.383 e. The van der Waals surface area contributed by atoms with Gasteiger partial charge in [0.05, 0.1) is 9.77 Å². The summed E-state index contributed by atoms with van der Waals surface area (Å²) in [6.45, 7) is 0. The standard InChI is InChI=1S/C13H14N2OS2/c1-15(2)7-8-4-5-9-10(6-14)18-13(17-3)11(9)12(8)16/h7H,4-5H2,1-3H3/b8-7+. The zero-order chi connectivity index (χ0) is 13.3. The molecule has 94 valence electrons. The van der Waals surface area contributed by atoms with Crippen LogP contribution in [0, 0.1) is 11.3 Å². The van der Waals surface area contributed by atoms with Gasteiger partial charge >= 0.3 is 0 Å². The first-order valence-electron chi connectivity index (χ1n) is 5.60. The second-order valence-corrected chi connectivity index (χ2v) is 6.43. The van der Waals surface area contributed by atoms with E-state index in [2.05, 4.69) is 6.07 Å². The van der Waals surface area contributed by atoms with Gasteiger partial charge in [0, 0.05) is 25.9 Å². The van der Waals surface area contributed by atoms with Crippen LogP contribution in [0.25, 0.3) is 0 Å². The lowest BCUT2D eigenvalue weighted by atomic mass is 9.89. The second-order valence-electron chi connectivity index (χ2n) is 4.34. The predicted molar refractivity (Wildman–Crippen MR) is 75.2 cm³/mol. The molecule has 1 aliphatic carbocycles. The number of Topliss-reactive ketones (excluding diaryl/α,β-unsaturated/α-hetero) is 1. The van der Waals surface area contributed by atoms with E-state index >= 15 is 0 Å². The third-order valence-electron chi connectivity index (χ3n) is 2.84. The van der Waals surface area contributed by atoms with E-state index in [1.807, 2.05) is 31.5 Å². The molecular weight excluding hydrogens is 264 g/mol. The third-order valence-corrected chi connectivity index (χ3v) is 5.10. The van der Waals surface area contributed by atoms with Crippen LogP contribution >= 0.6 is 23.1 Å². The van der Waals surface area contributed by atoms with E-state index in [9.17, 15) is 4.79 Å².